The fourth-order valence-electron chi connectivity index (χ4n) is 3.02. The molecule has 0 aromatic carbocycles. The molecular formula is C20H20F6N5O3-. The molecule has 0 unspecified atom stereocenters. The van der Waals surface area contributed by atoms with Crippen LogP contribution in [0.3, 0.4) is 0 Å². The second-order valence-corrected chi connectivity index (χ2v) is 8.54. The first-order valence-electron chi connectivity index (χ1n) is 9.78. The summed E-state index contributed by atoms with van der Waals surface area (Å²) < 4.78 is 84.8. The van der Waals surface area contributed by atoms with Gasteiger partial charge in [-0.1, -0.05) is 0 Å². The van der Waals surface area contributed by atoms with Crippen LogP contribution in [0.2, 0.25) is 0 Å². The number of amides is 1. The summed E-state index contributed by atoms with van der Waals surface area (Å²) in [5.74, 6) is -6.06. The van der Waals surface area contributed by atoms with Gasteiger partial charge in [-0.2, -0.15) is 27.1 Å². The molecule has 0 spiro atoms. The van der Waals surface area contributed by atoms with Gasteiger partial charge in [-0.15, -0.1) is 0 Å². The molecule has 1 aliphatic heterocycles. The van der Waals surface area contributed by atoms with Crippen molar-refractivity contribution in [3.8, 4) is 0 Å². The zero-order valence-corrected chi connectivity index (χ0v) is 18.5. The Morgan fingerprint density at radius 3 is 2.41 bits per heavy atom. The van der Waals surface area contributed by atoms with Crippen molar-refractivity contribution >= 4 is 22.7 Å². The average molecular weight is 492 g/mol. The van der Waals surface area contributed by atoms with E-state index >= 15 is 0 Å². The lowest BCUT2D eigenvalue weighted by molar-refractivity contribution is -0.287. The predicted octanol–water partition coefficient (Wildman–Crippen LogP) is 4.83. The number of pyridine rings is 1. The second-order valence-electron chi connectivity index (χ2n) is 8.54. The van der Waals surface area contributed by atoms with Gasteiger partial charge in [0.05, 0.1) is 29.3 Å². The Hall–Kier alpha value is -3.29. The third-order valence-electron chi connectivity index (χ3n) is 4.71. The first-order chi connectivity index (χ1) is 15.5. The number of fused-ring (bicyclic) bond motifs is 1. The second kappa shape index (κ2) is 8.49. The standard InChI is InChI=1S/C20H20F6N5O3/c1-18(2,3)34-17(32)29(4)12-6-13(21)16(31(33)9-12)14-5-11-7-28-30(15(11)8-27-14)10-19(22,23)20(24,25)26/h5-8H,9-10H2,1-4H3/q-1. The fraction of sp³-hybridized carbons (Fsp3) is 0.450. The normalized spacial score (nSPS) is 15.6. The van der Waals surface area contributed by atoms with Gasteiger partial charge in [0.2, 0.25) is 0 Å². The molecule has 2 aromatic heterocycles. The minimum Gasteiger partial charge on any atom is -0.758 e. The molecule has 3 heterocycles. The Morgan fingerprint density at radius 1 is 1.21 bits per heavy atom. The van der Waals surface area contributed by atoms with Crippen LogP contribution in [0.25, 0.3) is 16.6 Å². The number of rotatable bonds is 4. The Balaban J connectivity index is 1.91. The molecule has 186 valence electrons. The molecule has 0 saturated heterocycles. The van der Waals surface area contributed by atoms with Crippen molar-refractivity contribution in [2.75, 3.05) is 13.6 Å². The van der Waals surface area contributed by atoms with E-state index in [4.69, 9.17) is 4.74 Å². The third kappa shape index (κ3) is 5.11. The molecule has 2 aromatic rings. The van der Waals surface area contributed by atoms with E-state index in [2.05, 4.69) is 10.1 Å². The maximum absolute atomic E-state index is 14.9. The number of nitrogens with zero attached hydrogens (tertiary/aromatic N) is 5. The van der Waals surface area contributed by atoms with E-state index in [9.17, 15) is 36.3 Å². The molecule has 8 nitrogen and oxygen atoms in total. The molecule has 1 amide bonds. The monoisotopic (exact) mass is 492 g/mol. The fourth-order valence-corrected chi connectivity index (χ4v) is 3.02. The number of alkyl halides is 5. The van der Waals surface area contributed by atoms with Gasteiger partial charge in [-0.05, 0) is 32.9 Å². The summed E-state index contributed by atoms with van der Waals surface area (Å²) in [6.45, 7) is 2.71. The van der Waals surface area contributed by atoms with E-state index in [0.29, 0.717) is 4.68 Å². The zero-order chi connectivity index (χ0) is 25.6. The first kappa shape index (κ1) is 25.3. The van der Waals surface area contributed by atoms with Crippen molar-refractivity contribution in [2.24, 2.45) is 0 Å². The summed E-state index contributed by atoms with van der Waals surface area (Å²) in [5, 5.41) is 16.4. The number of halogens is 6. The van der Waals surface area contributed by atoms with Crippen LogP contribution in [0.1, 0.15) is 26.5 Å². The van der Waals surface area contributed by atoms with Crippen molar-refractivity contribution in [1.82, 2.24) is 24.7 Å². The molecule has 14 heteroatoms. The lowest BCUT2D eigenvalue weighted by Crippen LogP contribution is -2.40. The average Bonchev–Trinajstić information content (AvgIpc) is 3.06. The highest BCUT2D eigenvalue weighted by Gasteiger charge is 2.57. The first-order valence-corrected chi connectivity index (χ1v) is 9.78. The van der Waals surface area contributed by atoms with Crippen LogP contribution in [-0.4, -0.2) is 62.1 Å². The largest absolute Gasteiger partial charge is 0.758 e. The summed E-state index contributed by atoms with van der Waals surface area (Å²) >= 11 is 0. The number of hydroxylamine groups is 2. The number of ether oxygens (including phenoxy) is 1. The number of allylic oxidation sites excluding steroid dienone is 2. The molecule has 0 atom stereocenters. The molecule has 0 N–H and O–H groups in total. The molecular weight excluding hydrogens is 472 g/mol. The smallest absolute Gasteiger partial charge is 0.455 e. The maximum Gasteiger partial charge on any atom is 0.455 e. The third-order valence-corrected chi connectivity index (χ3v) is 4.71. The van der Waals surface area contributed by atoms with Crippen molar-refractivity contribution in [3.63, 3.8) is 0 Å². The quantitative estimate of drug-likeness (QED) is 0.569. The lowest BCUT2D eigenvalue weighted by Gasteiger charge is -2.38. The van der Waals surface area contributed by atoms with Gasteiger partial charge in [0.1, 0.15) is 18.0 Å². The summed E-state index contributed by atoms with van der Waals surface area (Å²) in [7, 11) is 1.31. The van der Waals surface area contributed by atoms with Crippen LogP contribution >= 0.6 is 0 Å². The molecule has 34 heavy (non-hydrogen) atoms. The van der Waals surface area contributed by atoms with Crippen molar-refractivity contribution in [2.45, 2.75) is 45.0 Å². The van der Waals surface area contributed by atoms with Crippen LogP contribution in [0, 0.1) is 5.21 Å². The van der Waals surface area contributed by atoms with Gasteiger partial charge in [0.15, 0.2) is 0 Å². The van der Waals surface area contributed by atoms with E-state index in [1.165, 1.54) is 7.05 Å². The number of likely N-dealkylation sites (N-methyl/N-ethyl adjacent to an activating group) is 1. The SMILES string of the molecule is CN(C(=O)OC(C)(C)C)C1=CC(F)=C(c2cc3cnn(CC(F)(F)C(F)(F)F)c3cn2)N([O-])C1. The van der Waals surface area contributed by atoms with E-state index < -0.39 is 48.4 Å². The Labute approximate surface area is 189 Å². The molecule has 3 rings (SSSR count). The summed E-state index contributed by atoms with van der Waals surface area (Å²) in [5.41, 5.74) is -1.67. The van der Waals surface area contributed by atoms with Crippen LogP contribution in [-0.2, 0) is 11.3 Å². The topological polar surface area (TPSA) is 86.6 Å². The molecule has 0 fully saturated rings. The van der Waals surface area contributed by atoms with Crippen molar-refractivity contribution in [3.05, 3.63) is 47.0 Å². The number of hydrogen-bond acceptors (Lipinski definition) is 6. The highest BCUT2D eigenvalue weighted by Crippen LogP contribution is 2.37. The lowest BCUT2D eigenvalue weighted by atomic mass is 10.1. The van der Waals surface area contributed by atoms with Gasteiger partial charge < -0.3 is 15.0 Å². The predicted molar refractivity (Wildman–Crippen MR) is 109 cm³/mol. The van der Waals surface area contributed by atoms with Crippen LogP contribution in [0.4, 0.5) is 31.1 Å². The number of carbonyl (C=O) groups is 1. The molecule has 1 aliphatic rings. The minimum absolute atomic E-state index is 0.00813. The number of hydrogen-bond donors (Lipinski definition) is 0. The van der Waals surface area contributed by atoms with E-state index in [1.54, 1.807) is 20.8 Å². The van der Waals surface area contributed by atoms with E-state index in [0.717, 1.165) is 29.4 Å². The van der Waals surface area contributed by atoms with Gasteiger partial charge in [-0.3, -0.25) is 14.6 Å². The number of aromatic nitrogens is 3. The highest BCUT2D eigenvalue weighted by molar-refractivity contribution is 5.82. The summed E-state index contributed by atoms with van der Waals surface area (Å²) in [6.07, 6.45) is -3.70. The van der Waals surface area contributed by atoms with Gasteiger partial charge in [-0.25, -0.2) is 9.18 Å². The highest BCUT2D eigenvalue weighted by atomic mass is 19.4. The molecule has 0 saturated carbocycles. The van der Waals surface area contributed by atoms with E-state index in [-0.39, 0.29) is 27.4 Å². The Bertz CT molecular complexity index is 1170. The van der Waals surface area contributed by atoms with Crippen LogP contribution < -0.4 is 0 Å². The van der Waals surface area contributed by atoms with Crippen molar-refractivity contribution in [1.29, 1.82) is 0 Å². The Morgan fingerprint density at radius 2 is 1.85 bits per heavy atom. The molecule has 0 bridgehead atoms. The van der Waals surface area contributed by atoms with E-state index in [1.807, 2.05) is 0 Å². The molecule has 0 aliphatic carbocycles. The van der Waals surface area contributed by atoms with Gasteiger partial charge in [0, 0.05) is 24.7 Å². The number of carbonyl (C=O) groups excluding carboxylic acids is 1. The van der Waals surface area contributed by atoms with Gasteiger partial charge in [0.25, 0.3) is 0 Å². The zero-order valence-electron chi connectivity index (χ0n) is 18.5. The van der Waals surface area contributed by atoms with Gasteiger partial charge >= 0.3 is 18.2 Å². The van der Waals surface area contributed by atoms with Crippen molar-refractivity contribution < 1.29 is 35.9 Å². The minimum atomic E-state index is -5.77. The molecule has 0 radical (unpaired) electrons. The maximum atomic E-state index is 14.9. The Kier molecular flexibility index (Phi) is 6.33. The summed E-state index contributed by atoms with van der Waals surface area (Å²) in [4.78, 5) is 17.0. The summed E-state index contributed by atoms with van der Waals surface area (Å²) in [6, 6.07) is 1.14. The van der Waals surface area contributed by atoms with Crippen LogP contribution in [0.5, 0.6) is 0 Å². The van der Waals surface area contributed by atoms with Crippen LogP contribution in [0.15, 0.2) is 36.1 Å².